The van der Waals surface area contributed by atoms with Crippen molar-refractivity contribution < 1.29 is 19.1 Å². The zero-order chi connectivity index (χ0) is 19.1. The normalized spacial score (nSPS) is 10.2. The molecule has 2 aromatic carbocycles. The molecule has 0 aromatic heterocycles. The van der Waals surface area contributed by atoms with Gasteiger partial charge in [0.1, 0.15) is 11.5 Å². The van der Waals surface area contributed by atoms with Gasteiger partial charge >= 0.3 is 0 Å². The Morgan fingerprint density at radius 1 is 1.00 bits per heavy atom. The van der Waals surface area contributed by atoms with Crippen LogP contribution in [0.25, 0.3) is 0 Å². The molecule has 138 valence electrons. The van der Waals surface area contributed by atoms with E-state index >= 15 is 0 Å². The van der Waals surface area contributed by atoms with E-state index in [0.717, 1.165) is 0 Å². The van der Waals surface area contributed by atoms with Crippen molar-refractivity contribution in [3.05, 3.63) is 47.0 Å². The fourth-order valence-corrected chi connectivity index (χ4v) is 2.50. The highest BCUT2D eigenvalue weighted by Crippen LogP contribution is 2.27. The highest BCUT2D eigenvalue weighted by molar-refractivity contribution is 6.33. The molecule has 6 nitrogen and oxygen atoms in total. The first-order valence-electron chi connectivity index (χ1n) is 8.07. The molecule has 0 spiro atoms. The fraction of sp³-hybridized carbons (Fsp3) is 0.263. The summed E-state index contributed by atoms with van der Waals surface area (Å²) in [5.41, 5.74) is 1.68. The Bertz CT molecular complexity index is 808. The summed E-state index contributed by atoms with van der Waals surface area (Å²) in [5.74, 6) is 0.843. The second-order valence-electron chi connectivity index (χ2n) is 5.50. The summed E-state index contributed by atoms with van der Waals surface area (Å²) in [6.07, 6.45) is 0.447. The molecule has 2 amide bonds. The van der Waals surface area contributed by atoms with Crippen molar-refractivity contribution in [2.45, 2.75) is 19.8 Å². The number of nitrogens with one attached hydrogen (secondary N) is 2. The lowest BCUT2D eigenvalue weighted by Gasteiger charge is -2.12. The summed E-state index contributed by atoms with van der Waals surface area (Å²) in [5, 5.41) is 5.87. The third-order valence-electron chi connectivity index (χ3n) is 3.68. The van der Waals surface area contributed by atoms with Crippen molar-refractivity contribution in [3.8, 4) is 11.5 Å². The molecule has 0 aliphatic rings. The van der Waals surface area contributed by atoms with Crippen molar-refractivity contribution in [1.29, 1.82) is 0 Å². The second-order valence-corrected chi connectivity index (χ2v) is 5.91. The van der Waals surface area contributed by atoms with Crippen LogP contribution in [0.3, 0.4) is 0 Å². The van der Waals surface area contributed by atoms with Crippen molar-refractivity contribution in [2.75, 3.05) is 24.9 Å². The van der Waals surface area contributed by atoms with E-state index in [1.807, 2.05) is 0 Å². The number of hydrogen-bond acceptors (Lipinski definition) is 4. The van der Waals surface area contributed by atoms with E-state index < -0.39 is 0 Å². The van der Waals surface area contributed by atoms with Gasteiger partial charge in [0.25, 0.3) is 0 Å². The smallest absolute Gasteiger partial charge is 0.228 e. The molecule has 0 aliphatic heterocycles. The average molecular weight is 377 g/mol. The van der Waals surface area contributed by atoms with Gasteiger partial charge < -0.3 is 20.1 Å². The number of halogens is 1. The molecule has 0 radical (unpaired) electrons. The van der Waals surface area contributed by atoms with Crippen molar-refractivity contribution in [1.82, 2.24) is 0 Å². The molecule has 2 rings (SSSR count). The second kappa shape index (κ2) is 9.10. The average Bonchev–Trinajstić information content (AvgIpc) is 2.64. The Labute approximate surface area is 157 Å². The number of amides is 2. The van der Waals surface area contributed by atoms with Gasteiger partial charge in [-0.05, 0) is 36.4 Å². The van der Waals surface area contributed by atoms with Crippen LogP contribution >= 0.6 is 11.6 Å². The number of anilines is 2. The van der Waals surface area contributed by atoms with Gasteiger partial charge in [-0.1, -0.05) is 18.5 Å². The summed E-state index contributed by atoms with van der Waals surface area (Å²) < 4.78 is 10.5. The van der Waals surface area contributed by atoms with Crippen LogP contribution in [0.5, 0.6) is 11.5 Å². The summed E-state index contributed by atoms with van der Waals surface area (Å²) in [6, 6.07) is 10.2. The number of rotatable bonds is 7. The van der Waals surface area contributed by atoms with Gasteiger partial charge in [-0.3, -0.25) is 9.59 Å². The van der Waals surface area contributed by atoms with Crippen LogP contribution in [0.1, 0.15) is 18.9 Å². The molecular weight excluding hydrogens is 356 g/mol. The van der Waals surface area contributed by atoms with Crippen LogP contribution in [-0.4, -0.2) is 26.0 Å². The molecule has 0 heterocycles. The Kier molecular flexibility index (Phi) is 6.86. The minimum absolute atomic E-state index is 0.0856. The van der Waals surface area contributed by atoms with Gasteiger partial charge in [0.2, 0.25) is 11.8 Å². The van der Waals surface area contributed by atoms with Gasteiger partial charge in [-0.15, -0.1) is 0 Å². The number of benzene rings is 2. The minimum atomic E-state index is -0.266. The number of ether oxygens (including phenoxy) is 2. The van der Waals surface area contributed by atoms with E-state index in [0.29, 0.717) is 39.9 Å². The van der Waals surface area contributed by atoms with Gasteiger partial charge in [-0.25, -0.2) is 0 Å². The highest BCUT2D eigenvalue weighted by atomic mass is 35.5. The van der Waals surface area contributed by atoms with E-state index in [2.05, 4.69) is 10.6 Å². The van der Waals surface area contributed by atoms with Gasteiger partial charge in [-0.2, -0.15) is 0 Å². The maximum absolute atomic E-state index is 12.4. The first-order chi connectivity index (χ1) is 12.5. The van der Waals surface area contributed by atoms with E-state index in [4.69, 9.17) is 21.1 Å². The minimum Gasteiger partial charge on any atom is -0.497 e. The summed E-state index contributed by atoms with van der Waals surface area (Å²) in [6.45, 7) is 1.76. The first-order valence-corrected chi connectivity index (χ1v) is 8.44. The maximum Gasteiger partial charge on any atom is 0.228 e. The molecule has 0 atom stereocenters. The third kappa shape index (κ3) is 5.13. The predicted molar refractivity (Wildman–Crippen MR) is 102 cm³/mol. The topological polar surface area (TPSA) is 76.7 Å². The summed E-state index contributed by atoms with van der Waals surface area (Å²) in [4.78, 5) is 24.0. The summed E-state index contributed by atoms with van der Waals surface area (Å²) in [7, 11) is 3.10. The van der Waals surface area contributed by atoms with Crippen molar-refractivity contribution >= 4 is 34.8 Å². The Morgan fingerprint density at radius 2 is 1.77 bits per heavy atom. The zero-order valence-corrected chi connectivity index (χ0v) is 15.6. The van der Waals surface area contributed by atoms with Crippen LogP contribution < -0.4 is 20.1 Å². The maximum atomic E-state index is 12.4. The van der Waals surface area contributed by atoms with Gasteiger partial charge in [0.15, 0.2) is 0 Å². The Balaban J connectivity index is 2.15. The molecule has 2 aromatic rings. The highest BCUT2D eigenvalue weighted by Gasteiger charge is 2.13. The largest absolute Gasteiger partial charge is 0.497 e. The number of methoxy groups -OCH3 is 2. The van der Waals surface area contributed by atoms with E-state index in [1.54, 1.807) is 57.5 Å². The number of carbonyl (C=O) groups is 2. The van der Waals surface area contributed by atoms with Crippen LogP contribution in [-0.2, 0) is 16.0 Å². The van der Waals surface area contributed by atoms with Crippen LogP contribution in [0, 0.1) is 0 Å². The molecule has 26 heavy (non-hydrogen) atoms. The van der Waals surface area contributed by atoms with Crippen LogP contribution in [0.2, 0.25) is 5.02 Å². The van der Waals surface area contributed by atoms with Crippen molar-refractivity contribution in [2.24, 2.45) is 0 Å². The van der Waals surface area contributed by atoms with Gasteiger partial charge in [0.05, 0.1) is 31.4 Å². The molecule has 0 saturated carbocycles. The monoisotopic (exact) mass is 376 g/mol. The van der Waals surface area contributed by atoms with Crippen molar-refractivity contribution in [3.63, 3.8) is 0 Å². The molecular formula is C19H21ClN2O4. The molecule has 0 aliphatic carbocycles. The van der Waals surface area contributed by atoms with E-state index in [1.165, 1.54) is 0 Å². The number of hydrogen-bond donors (Lipinski definition) is 2. The van der Waals surface area contributed by atoms with E-state index in [9.17, 15) is 9.59 Å². The fourth-order valence-electron chi connectivity index (χ4n) is 2.34. The first kappa shape index (κ1) is 19.6. The molecule has 0 fully saturated rings. The Hall–Kier alpha value is -2.73. The van der Waals surface area contributed by atoms with Gasteiger partial charge in [0, 0.05) is 17.7 Å². The summed E-state index contributed by atoms with van der Waals surface area (Å²) >= 11 is 6.15. The van der Waals surface area contributed by atoms with Crippen LogP contribution in [0.4, 0.5) is 11.4 Å². The molecule has 0 bridgehead atoms. The standard InChI is InChI=1S/C19H21ClN2O4/c1-4-18(23)21-13-5-7-15(20)16(11-13)22-19(24)10-12-9-14(25-2)6-8-17(12)26-3/h5-9,11H,4,10H2,1-3H3,(H,21,23)(H,22,24). The SMILES string of the molecule is CCC(=O)Nc1ccc(Cl)c(NC(=O)Cc2cc(OC)ccc2OC)c1. The molecule has 0 unspecified atom stereocenters. The predicted octanol–water partition coefficient (Wildman–Crippen LogP) is 3.89. The molecule has 7 heteroatoms. The lowest BCUT2D eigenvalue weighted by atomic mass is 10.1. The number of carbonyl (C=O) groups excluding carboxylic acids is 2. The zero-order valence-electron chi connectivity index (χ0n) is 14.9. The lowest BCUT2D eigenvalue weighted by molar-refractivity contribution is -0.116. The van der Waals surface area contributed by atoms with Crippen LogP contribution in [0.15, 0.2) is 36.4 Å². The Morgan fingerprint density at radius 3 is 2.42 bits per heavy atom. The lowest BCUT2D eigenvalue weighted by Crippen LogP contribution is -2.16. The molecule has 2 N–H and O–H groups in total. The quantitative estimate of drug-likeness (QED) is 0.768. The third-order valence-corrected chi connectivity index (χ3v) is 4.01. The molecule has 0 saturated heterocycles. The van der Waals surface area contributed by atoms with E-state index in [-0.39, 0.29) is 18.2 Å².